The van der Waals surface area contributed by atoms with Crippen LogP contribution in [0.25, 0.3) is 0 Å². The van der Waals surface area contributed by atoms with Gasteiger partial charge in [-0.2, -0.15) is 0 Å². The summed E-state index contributed by atoms with van der Waals surface area (Å²) < 4.78 is 0. The fourth-order valence-corrected chi connectivity index (χ4v) is 1.53. The van der Waals surface area contributed by atoms with Gasteiger partial charge in [-0.3, -0.25) is 4.90 Å². The summed E-state index contributed by atoms with van der Waals surface area (Å²) >= 11 is 0. The lowest BCUT2D eigenvalue weighted by molar-refractivity contribution is 0.0415. The number of piperazine rings is 1. The quantitative estimate of drug-likeness (QED) is 0.635. The molecule has 1 N–H and O–H groups in total. The minimum atomic E-state index is -0.214. The molecule has 3 nitrogen and oxygen atoms in total. The summed E-state index contributed by atoms with van der Waals surface area (Å²) in [5, 5.41) is 9.38. The van der Waals surface area contributed by atoms with Crippen LogP contribution in [-0.4, -0.2) is 60.3 Å². The molecule has 2 atom stereocenters. The van der Waals surface area contributed by atoms with Crippen molar-refractivity contribution in [3.63, 3.8) is 0 Å². The largest absolute Gasteiger partial charge is 0.392 e. The molecule has 0 radical (unpaired) electrons. The van der Waals surface area contributed by atoms with Crippen molar-refractivity contribution in [3.05, 3.63) is 0 Å². The molecule has 0 aromatic heterocycles. The van der Waals surface area contributed by atoms with E-state index in [0.29, 0.717) is 6.04 Å². The van der Waals surface area contributed by atoms with Gasteiger partial charge in [-0.1, -0.05) is 0 Å². The monoisotopic (exact) mass is 172 g/mol. The van der Waals surface area contributed by atoms with Crippen LogP contribution in [0.2, 0.25) is 0 Å². The zero-order valence-electron chi connectivity index (χ0n) is 8.32. The molecule has 1 heterocycles. The first-order chi connectivity index (χ1) is 5.61. The fraction of sp³-hybridized carbons (Fsp3) is 1.00. The average Bonchev–Trinajstić information content (AvgIpc) is 2.04. The average molecular weight is 172 g/mol. The standard InChI is InChI=1S/C9H20N2O/c1-8(9(2)12)11-6-4-10(3)5-7-11/h8-9,12H,4-7H2,1-3H3. The topological polar surface area (TPSA) is 26.7 Å². The highest BCUT2D eigenvalue weighted by Crippen LogP contribution is 2.07. The van der Waals surface area contributed by atoms with E-state index in [1.165, 1.54) is 0 Å². The Balaban J connectivity index is 2.34. The third kappa shape index (κ3) is 2.44. The summed E-state index contributed by atoms with van der Waals surface area (Å²) in [6, 6.07) is 0.304. The number of rotatable bonds is 2. The predicted molar refractivity (Wildman–Crippen MR) is 50.2 cm³/mol. The van der Waals surface area contributed by atoms with Crippen LogP contribution in [0.15, 0.2) is 0 Å². The van der Waals surface area contributed by atoms with Crippen molar-refractivity contribution in [3.8, 4) is 0 Å². The van der Waals surface area contributed by atoms with E-state index in [4.69, 9.17) is 0 Å². The number of nitrogens with zero attached hydrogens (tertiary/aromatic N) is 2. The fourth-order valence-electron chi connectivity index (χ4n) is 1.53. The Labute approximate surface area is 75.0 Å². The molecule has 1 aliphatic rings. The van der Waals surface area contributed by atoms with Crippen molar-refractivity contribution in [2.75, 3.05) is 33.2 Å². The first-order valence-electron chi connectivity index (χ1n) is 4.72. The van der Waals surface area contributed by atoms with Gasteiger partial charge in [0.1, 0.15) is 0 Å². The molecular weight excluding hydrogens is 152 g/mol. The second-order valence-electron chi connectivity index (χ2n) is 3.82. The van der Waals surface area contributed by atoms with Crippen LogP contribution in [-0.2, 0) is 0 Å². The van der Waals surface area contributed by atoms with Gasteiger partial charge >= 0.3 is 0 Å². The van der Waals surface area contributed by atoms with E-state index in [1.54, 1.807) is 0 Å². The van der Waals surface area contributed by atoms with E-state index in [2.05, 4.69) is 23.8 Å². The lowest BCUT2D eigenvalue weighted by atomic mass is 10.1. The molecule has 1 saturated heterocycles. The first-order valence-corrected chi connectivity index (χ1v) is 4.72. The third-order valence-electron chi connectivity index (χ3n) is 2.81. The highest BCUT2D eigenvalue weighted by Gasteiger charge is 2.21. The van der Waals surface area contributed by atoms with Gasteiger partial charge in [-0.15, -0.1) is 0 Å². The Morgan fingerprint density at radius 3 is 2.00 bits per heavy atom. The molecule has 0 amide bonds. The summed E-state index contributed by atoms with van der Waals surface area (Å²) in [6.45, 7) is 8.37. The normalized spacial score (nSPS) is 27.0. The van der Waals surface area contributed by atoms with E-state index in [0.717, 1.165) is 26.2 Å². The number of aliphatic hydroxyl groups excluding tert-OH is 1. The number of hydrogen-bond donors (Lipinski definition) is 1. The van der Waals surface area contributed by atoms with Gasteiger partial charge in [0, 0.05) is 32.2 Å². The maximum atomic E-state index is 9.38. The SMILES string of the molecule is CC(O)C(C)N1CCN(C)CC1. The molecule has 1 fully saturated rings. The summed E-state index contributed by atoms with van der Waals surface area (Å²) in [5.41, 5.74) is 0. The third-order valence-corrected chi connectivity index (χ3v) is 2.81. The van der Waals surface area contributed by atoms with Crippen molar-refractivity contribution in [1.82, 2.24) is 9.80 Å². The van der Waals surface area contributed by atoms with Crippen molar-refractivity contribution < 1.29 is 5.11 Å². The molecule has 1 rings (SSSR count). The number of likely N-dealkylation sites (N-methyl/N-ethyl adjacent to an activating group) is 1. The van der Waals surface area contributed by atoms with Gasteiger partial charge in [-0.25, -0.2) is 0 Å². The van der Waals surface area contributed by atoms with Gasteiger partial charge in [-0.05, 0) is 20.9 Å². The lowest BCUT2D eigenvalue weighted by Crippen LogP contribution is -2.51. The van der Waals surface area contributed by atoms with Crippen LogP contribution in [0.3, 0.4) is 0 Å². The molecule has 0 aliphatic carbocycles. The van der Waals surface area contributed by atoms with Gasteiger partial charge in [0.2, 0.25) is 0 Å². The van der Waals surface area contributed by atoms with Crippen LogP contribution in [0.5, 0.6) is 0 Å². The molecule has 0 aromatic carbocycles. The Morgan fingerprint density at radius 2 is 1.58 bits per heavy atom. The van der Waals surface area contributed by atoms with E-state index in [1.807, 2.05) is 6.92 Å². The van der Waals surface area contributed by atoms with Gasteiger partial charge in [0.25, 0.3) is 0 Å². The van der Waals surface area contributed by atoms with Crippen LogP contribution in [0.1, 0.15) is 13.8 Å². The Bertz CT molecular complexity index is 130. The van der Waals surface area contributed by atoms with E-state index >= 15 is 0 Å². The van der Waals surface area contributed by atoms with Gasteiger partial charge < -0.3 is 10.0 Å². The molecular formula is C9H20N2O. The smallest absolute Gasteiger partial charge is 0.0664 e. The lowest BCUT2D eigenvalue weighted by Gasteiger charge is -2.37. The van der Waals surface area contributed by atoms with E-state index in [9.17, 15) is 5.11 Å². The number of hydrogen-bond acceptors (Lipinski definition) is 3. The summed E-state index contributed by atoms with van der Waals surface area (Å²) in [7, 11) is 2.14. The molecule has 3 heteroatoms. The maximum absolute atomic E-state index is 9.38. The second-order valence-corrected chi connectivity index (χ2v) is 3.82. The second kappa shape index (κ2) is 4.21. The molecule has 1 aliphatic heterocycles. The Morgan fingerprint density at radius 1 is 1.08 bits per heavy atom. The highest BCUT2D eigenvalue weighted by atomic mass is 16.3. The van der Waals surface area contributed by atoms with Crippen molar-refractivity contribution in [2.24, 2.45) is 0 Å². The molecule has 0 bridgehead atoms. The molecule has 72 valence electrons. The Kier molecular flexibility index (Phi) is 3.50. The predicted octanol–water partition coefficient (Wildman–Crippen LogP) is 0.00310. The molecule has 0 saturated carbocycles. The molecule has 2 unspecified atom stereocenters. The van der Waals surface area contributed by atoms with Crippen LogP contribution >= 0.6 is 0 Å². The van der Waals surface area contributed by atoms with Crippen molar-refractivity contribution >= 4 is 0 Å². The minimum Gasteiger partial charge on any atom is -0.392 e. The molecule has 12 heavy (non-hydrogen) atoms. The van der Waals surface area contributed by atoms with Crippen LogP contribution in [0, 0.1) is 0 Å². The van der Waals surface area contributed by atoms with Gasteiger partial charge in [0.05, 0.1) is 6.10 Å². The van der Waals surface area contributed by atoms with E-state index < -0.39 is 0 Å². The zero-order chi connectivity index (χ0) is 9.14. The maximum Gasteiger partial charge on any atom is 0.0664 e. The van der Waals surface area contributed by atoms with Crippen LogP contribution < -0.4 is 0 Å². The summed E-state index contributed by atoms with van der Waals surface area (Å²) in [4.78, 5) is 4.68. The number of aliphatic hydroxyl groups is 1. The van der Waals surface area contributed by atoms with Gasteiger partial charge in [0.15, 0.2) is 0 Å². The van der Waals surface area contributed by atoms with E-state index in [-0.39, 0.29) is 6.10 Å². The minimum absolute atomic E-state index is 0.214. The summed E-state index contributed by atoms with van der Waals surface area (Å²) in [6.07, 6.45) is -0.214. The summed E-state index contributed by atoms with van der Waals surface area (Å²) in [5.74, 6) is 0. The Hall–Kier alpha value is -0.120. The highest BCUT2D eigenvalue weighted by molar-refractivity contribution is 4.77. The van der Waals surface area contributed by atoms with Crippen molar-refractivity contribution in [1.29, 1.82) is 0 Å². The first kappa shape index (κ1) is 9.96. The molecule has 0 aromatic rings. The van der Waals surface area contributed by atoms with Crippen molar-refractivity contribution in [2.45, 2.75) is 26.0 Å². The molecule has 0 spiro atoms. The zero-order valence-corrected chi connectivity index (χ0v) is 8.32. The van der Waals surface area contributed by atoms with Crippen LogP contribution in [0.4, 0.5) is 0 Å².